The second kappa shape index (κ2) is 5.93. The zero-order valence-corrected chi connectivity index (χ0v) is 12.1. The van der Waals surface area contributed by atoms with Crippen molar-refractivity contribution in [2.75, 3.05) is 19.8 Å². The number of rotatable bonds is 6. The first-order valence-corrected chi connectivity index (χ1v) is 6.85. The lowest BCUT2D eigenvalue weighted by Crippen LogP contribution is -2.44. The molecule has 1 fully saturated rings. The topological polar surface area (TPSA) is 35.5 Å². The summed E-state index contributed by atoms with van der Waals surface area (Å²) in [4.78, 5) is 10.5. The molecule has 1 atom stereocenters. The monoisotopic (exact) mass is 282 g/mol. The first kappa shape index (κ1) is 14.4. The maximum atomic E-state index is 10.5. The summed E-state index contributed by atoms with van der Waals surface area (Å²) in [7, 11) is 0. The molecule has 3 nitrogen and oxygen atoms in total. The lowest BCUT2D eigenvalue weighted by Gasteiger charge is -2.37. The first-order valence-electron chi connectivity index (χ1n) is 6.48. The molecule has 1 aliphatic rings. The van der Waals surface area contributed by atoms with Crippen molar-refractivity contribution in [2.45, 2.75) is 26.2 Å². The molecule has 104 valence electrons. The van der Waals surface area contributed by atoms with Crippen molar-refractivity contribution in [1.82, 2.24) is 0 Å². The van der Waals surface area contributed by atoms with E-state index in [0.29, 0.717) is 23.8 Å². The molecule has 0 N–H and O–H groups in total. The number of carbonyl (C=O) groups excluding carboxylic acids is 1. The van der Waals surface area contributed by atoms with Crippen LogP contribution in [0.2, 0.25) is 5.02 Å². The SMILES string of the molecule is CC(CC=O)c1ccc(OCC2(C)COC2)c(Cl)c1. The molecular weight excluding hydrogens is 264 g/mol. The van der Waals surface area contributed by atoms with Crippen molar-refractivity contribution in [3.05, 3.63) is 28.8 Å². The van der Waals surface area contributed by atoms with Crippen LogP contribution in [0.25, 0.3) is 0 Å². The van der Waals surface area contributed by atoms with Gasteiger partial charge < -0.3 is 14.3 Å². The van der Waals surface area contributed by atoms with Crippen molar-refractivity contribution in [2.24, 2.45) is 5.41 Å². The second-order valence-corrected chi connectivity index (χ2v) is 5.99. The Bertz CT molecular complexity index is 455. The zero-order chi connectivity index (χ0) is 13.9. The Balaban J connectivity index is 2.00. The van der Waals surface area contributed by atoms with Crippen LogP contribution in [0.15, 0.2) is 18.2 Å². The standard InChI is InChI=1S/C15H19ClO3/c1-11(5-6-17)12-3-4-14(13(16)7-12)19-10-15(2)8-18-9-15/h3-4,6-7,11H,5,8-10H2,1-2H3. The van der Waals surface area contributed by atoms with E-state index in [1.54, 1.807) is 0 Å². The van der Waals surface area contributed by atoms with Gasteiger partial charge in [-0.05, 0) is 23.6 Å². The summed E-state index contributed by atoms with van der Waals surface area (Å²) in [6.45, 7) is 6.21. The van der Waals surface area contributed by atoms with E-state index in [0.717, 1.165) is 25.1 Å². The highest BCUT2D eigenvalue weighted by Crippen LogP contribution is 2.32. The van der Waals surface area contributed by atoms with Gasteiger partial charge in [0.25, 0.3) is 0 Å². The van der Waals surface area contributed by atoms with Crippen LogP contribution < -0.4 is 4.74 Å². The second-order valence-electron chi connectivity index (χ2n) is 5.59. The molecule has 1 aromatic rings. The molecule has 2 rings (SSSR count). The molecule has 0 aliphatic carbocycles. The minimum atomic E-state index is 0.104. The Kier molecular flexibility index (Phi) is 4.48. The van der Waals surface area contributed by atoms with Gasteiger partial charge in [-0.3, -0.25) is 0 Å². The van der Waals surface area contributed by atoms with E-state index in [9.17, 15) is 4.79 Å². The number of ether oxygens (including phenoxy) is 2. The summed E-state index contributed by atoms with van der Waals surface area (Å²) in [6, 6.07) is 5.72. The van der Waals surface area contributed by atoms with Crippen molar-refractivity contribution in [3.8, 4) is 5.75 Å². The van der Waals surface area contributed by atoms with Gasteiger partial charge in [0.05, 0.1) is 24.8 Å². The van der Waals surface area contributed by atoms with Crippen molar-refractivity contribution >= 4 is 17.9 Å². The van der Waals surface area contributed by atoms with Gasteiger partial charge in [-0.1, -0.05) is 31.5 Å². The third-order valence-corrected chi connectivity index (χ3v) is 3.75. The van der Waals surface area contributed by atoms with Gasteiger partial charge in [-0.2, -0.15) is 0 Å². The van der Waals surface area contributed by atoms with Gasteiger partial charge in [0.15, 0.2) is 0 Å². The molecule has 0 bridgehead atoms. The molecule has 1 aliphatic heterocycles. The Morgan fingerprint density at radius 2 is 2.26 bits per heavy atom. The van der Waals surface area contributed by atoms with Crippen LogP contribution in [0.4, 0.5) is 0 Å². The van der Waals surface area contributed by atoms with Gasteiger partial charge in [0.2, 0.25) is 0 Å². The number of halogens is 1. The Hall–Kier alpha value is -1.06. The first-order chi connectivity index (χ1) is 9.04. The maximum absolute atomic E-state index is 10.5. The summed E-state index contributed by atoms with van der Waals surface area (Å²) >= 11 is 6.22. The highest BCUT2D eigenvalue weighted by Gasteiger charge is 2.34. The van der Waals surface area contributed by atoms with E-state index in [1.807, 2.05) is 25.1 Å². The molecule has 0 saturated carbocycles. The molecule has 1 aromatic carbocycles. The van der Waals surface area contributed by atoms with Crippen LogP contribution in [0.5, 0.6) is 5.75 Å². The zero-order valence-electron chi connectivity index (χ0n) is 11.3. The van der Waals surface area contributed by atoms with Crippen molar-refractivity contribution in [1.29, 1.82) is 0 Å². The quantitative estimate of drug-likeness (QED) is 0.750. The van der Waals surface area contributed by atoms with Crippen LogP contribution in [-0.2, 0) is 9.53 Å². The predicted molar refractivity (Wildman–Crippen MR) is 75.0 cm³/mol. The molecule has 1 heterocycles. The van der Waals surface area contributed by atoms with Gasteiger partial charge >= 0.3 is 0 Å². The third-order valence-electron chi connectivity index (χ3n) is 3.45. The molecule has 4 heteroatoms. The number of aldehydes is 1. The van der Waals surface area contributed by atoms with Crippen molar-refractivity contribution < 1.29 is 14.3 Å². The van der Waals surface area contributed by atoms with Gasteiger partial charge in [0.1, 0.15) is 12.0 Å². The molecule has 0 amide bonds. The van der Waals surface area contributed by atoms with Crippen LogP contribution >= 0.6 is 11.6 Å². The minimum absolute atomic E-state index is 0.104. The van der Waals surface area contributed by atoms with Gasteiger partial charge in [0, 0.05) is 11.8 Å². The summed E-state index contributed by atoms with van der Waals surface area (Å²) in [5.41, 5.74) is 1.16. The predicted octanol–water partition coefficient (Wildman–Crippen LogP) is 3.45. The minimum Gasteiger partial charge on any atom is -0.491 e. The molecule has 0 aromatic heterocycles. The van der Waals surface area contributed by atoms with E-state index in [-0.39, 0.29) is 11.3 Å². The number of hydrogen-bond acceptors (Lipinski definition) is 3. The molecule has 0 spiro atoms. The Labute approximate surface area is 118 Å². The van der Waals surface area contributed by atoms with Crippen LogP contribution in [0.3, 0.4) is 0 Å². The van der Waals surface area contributed by atoms with E-state index >= 15 is 0 Å². The van der Waals surface area contributed by atoms with Gasteiger partial charge in [-0.15, -0.1) is 0 Å². The lowest BCUT2D eigenvalue weighted by atomic mass is 9.90. The van der Waals surface area contributed by atoms with Crippen LogP contribution in [0.1, 0.15) is 31.7 Å². The van der Waals surface area contributed by atoms with Gasteiger partial charge in [-0.25, -0.2) is 0 Å². The van der Waals surface area contributed by atoms with E-state index in [4.69, 9.17) is 21.1 Å². The Morgan fingerprint density at radius 3 is 2.79 bits per heavy atom. The summed E-state index contributed by atoms with van der Waals surface area (Å²) in [5.74, 6) is 0.874. The summed E-state index contributed by atoms with van der Waals surface area (Å²) in [6.07, 6.45) is 1.44. The van der Waals surface area contributed by atoms with E-state index in [1.165, 1.54) is 0 Å². The molecular formula is C15H19ClO3. The molecule has 1 saturated heterocycles. The molecule has 1 unspecified atom stereocenters. The normalized spacial score (nSPS) is 18.5. The lowest BCUT2D eigenvalue weighted by molar-refractivity contribution is -0.120. The fraction of sp³-hybridized carbons (Fsp3) is 0.533. The number of hydrogen-bond donors (Lipinski definition) is 0. The fourth-order valence-electron chi connectivity index (χ4n) is 2.01. The average Bonchev–Trinajstić information content (AvgIpc) is 2.35. The molecule has 19 heavy (non-hydrogen) atoms. The maximum Gasteiger partial charge on any atom is 0.137 e. The Morgan fingerprint density at radius 1 is 1.53 bits per heavy atom. The summed E-state index contributed by atoms with van der Waals surface area (Å²) in [5, 5.41) is 0.596. The smallest absolute Gasteiger partial charge is 0.137 e. The average molecular weight is 283 g/mol. The van der Waals surface area contributed by atoms with Crippen molar-refractivity contribution in [3.63, 3.8) is 0 Å². The van der Waals surface area contributed by atoms with Crippen LogP contribution in [-0.4, -0.2) is 26.1 Å². The highest BCUT2D eigenvalue weighted by molar-refractivity contribution is 6.32. The fourth-order valence-corrected chi connectivity index (χ4v) is 2.25. The summed E-state index contributed by atoms with van der Waals surface area (Å²) < 4.78 is 10.9. The number of carbonyl (C=O) groups is 1. The molecule has 0 radical (unpaired) electrons. The third kappa shape index (κ3) is 3.48. The highest BCUT2D eigenvalue weighted by atomic mass is 35.5. The number of benzene rings is 1. The van der Waals surface area contributed by atoms with E-state index in [2.05, 4.69) is 6.92 Å². The largest absolute Gasteiger partial charge is 0.491 e. The van der Waals surface area contributed by atoms with Crippen LogP contribution in [0, 0.1) is 5.41 Å². The van der Waals surface area contributed by atoms with E-state index < -0.39 is 0 Å².